The summed E-state index contributed by atoms with van der Waals surface area (Å²) in [6, 6.07) is 4.33. The summed E-state index contributed by atoms with van der Waals surface area (Å²) in [7, 11) is 3.65. The Labute approximate surface area is 206 Å². The third kappa shape index (κ3) is 6.17. The van der Waals surface area contributed by atoms with Crippen LogP contribution in [0.2, 0.25) is 0 Å². The standard InChI is InChI=1S/C22H19F6N9/c1-37(2)8-7-29-17-9-13(22(26,27)28)18(36-35-17)15-11-32-19-14(5-6-30-20(19)34-15)33-16-4-3-12(10-31-16)21(23,24)25/h3-6,9-11H,7-8H2,1-2H3,(H,29,35)(H,30,31,33,34). The molecule has 9 nitrogen and oxygen atoms in total. The van der Waals surface area contributed by atoms with E-state index in [1.807, 2.05) is 19.0 Å². The quantitative estimate of drug-likeness (QED) is 0.336. The molecule has 0 saturated heterocycles. The predicted molar refractivity (Wildman–Crippen MR) is 123 cm³/mol. The van der Waals surface area contributed by atoms with Gasteiger partial charge in [-0.05, 0) is 38.4 Å². The van der Waals surface area contributed by atoms with Gasteiger partial charge in [-0.1, -0.05) is 0 Å². The van der Waals surface area contributed by atoms with Gasteiger partial charge in [-0.2, -0.15) is 26.3 Å². The van der Waals surface area contributed by atoms with Crippen LogP contribution in [0.5, 0.6) is 0 Å². The molecule has 0 atom stereocenters. The maximum atomic E-state index is 13.8. The fraction of sp³-hybridized carbons (Fsp3) is 0.273. The van der Waals surface area contributed by atoms with Crippen molar-refractivity contribution in [2.45, 2.75) is 12.4 Å². The van der Waals surface area contributed by atoms with Gasteiger partial charge < -0.3 is 15.5 Å². The lowest BCUT2D eigenvalue weighted by Gasteiger charge is -2.15. The second kappa shape index (κ2) is 10.1. The maximum absolute atomic E-state index is 13.8. The molecule has 37 heavy (non-hydrogen) atoms. The van der Waals surface area contributed by atoms with Crippen LogP contribution in [0.4, 0.5) is 43.7 Å². The molecule has 0 unspecified atom stereocenters. The number of rotatable bonds is 7. The van der Waals surface area contributed by atoms with Gasteiger partial charge in [0, 0.05) is 25.5 Å². The summed E-state index contributed by atoms with van der Waals surface area (Å²) in [5.74, 6) is 0.0503. The number of anilines is 3. The zero-order valence-electron chi connectivity index (χ0n) is 19.4. The first kappa shape index (κ1) is 25.9. The van der Waals surface area contributed by atoms with Crippen LogP contribution in [-0.4, -0.2) is 62.2 Å². The van der Waals surface area contributed by atoms with Crippen molar-refractivity contribution in [3.8, 4) is 11.4 Å². The zero-order chi connectivity index (χ0) is 26.8. The highest BCUT2D eigenvalue weighted by molar-refractivity contribution is 5.87. The molecule has 0 radical (unpaired) electrons. The average Bonchev–Trinajstić information content (AvgIpc) is 2.83. The lowest BCUT2D eigenvalue weighted by molar-refractivity contribution is -0.138. The summed E-state index contributed by atoms with van der Waals surface area (Å²) < 4.78 is 79.8. The molecule has 194 valence electrons. The molecule has 0 aliphatic carbocycles. The van der Waals surface area contributed by atoms with Crippen molar-refractivity contribution in [1.29, 1.82) is 0 Å². The van der Waals surface area contributed by atoms with Gasteiger partial charge in [0.1, 0.15) is 28.5 Å². The maximum Gasteiger partial charge on any atom is 0.418 e. The molecule has 0 aliphatic heterocycles. The van der Waals surface area contributed by atoms with E-state index in [9.17, 15) is 26.3 Å². The minimum absolute atomic E-state index is 0.0162. The summed E-state index contributed by atoms with van der Waals surface area (Å²) in [6.07, 6.45) is -6.19. The number of fused-ring (bicyclic) bond motifs is 1. The van der Waals surface area contributed by atoms with Crippen LogP contribution in [0.15, 0.2) is 42.9 Å². The molecule has 4 rings (SSSR count). The van der Waals surface area contributed by atoms with E-state index in [4.69, 9.17) is 0 Å². The molecule has 0 aliphatic rings. The van der Waals surface area contributed by atoms with Crippen LogP contribution in [0, 0.1) is 0 Å². The Morgan fingerprint density at radius 1 is 0.865 bits per heavy atom. The van der Waals surface area contributed by atoms with E-state index in [0.717, 1.165) is 24.4 Å². The average molecular weight is 523 g/mol. The number of nitrogens with zero attached hydrogens (tertiary/aromatic N) is 7. The number of hydrogen-bond acceptors (Lipinski definition) is 9. The van der Waals surface area contributed by atoms with E-state index in [2.05, 4.69) is 40.8 Å². The summed E-state index contributed by atoms with van der Waals surface area (Å²) in [5.41, 5.74) is -2.25. The van der Waals surface area contributed by atoms with E-state index < -0.39 is 29.2 Å². The van der Waals surface area contributed by atoms with Crippen molar-refractivity contribution in [2.75, 3.05) is 37.8 Å². The molecule has 2 N–H and O–H groups in total. The van der Waals surface area contributed by atoms with Crippen molar-refractivity contribution in [3.05, 3.63) is 54.0 Å². The first-order chi connectivity index (χ1) is 17.4. The second-order valence-electron chi connectivity index (χ2n) is 8.06. The van der Waals surface area contributed by atoms with Crippen LogP contribution < -0.4 is 10.6 Å². The van der Waals surface area contributed by atoms with Gasteiger partial charge in [0.05, 0.1) is 23.0 Å². The number of halogens is 6. The third-order valence-corrected chi connectivity index (χ3v) is 5.01. The van der Waals surface area contributed by atoms with Crippen LogP contribution in [0.1, 0.15) is 11.1 Å². The Kier molecular flexibility index (Phi) is 7.07. The van der Waals surface area contributed by atoms with Crippen LogP contribution in [0.3, 0.4) is 0 Å². The van der Waals surface area contributed by atoms with Crippen LogP contribution in [0.25, 0.3) is 22.6 Å². The lowest BCUT2D eigenvalue weighted by atomic mass is 10.1. The third-order valence-electron chi connectivity index (χ3n) is 5.01. The normalized spacial score (nSPS) is 12.2. The summed E-state index contributed by atoms with van der Waals surface area (Å²) in [4.78, 5) is 18.0. The summed E-state index contributed by atoms with van der Waals surface area (Å²) in [5, 5.41) is 13.2. The molecule has 4 aromatic rings. The SMILES string of the molecule is CN(C)CCNc1cc(C(F)(F)F)c(-c2cnc3c(Nc4ccc(C(F)(F)F)cn4)ccnc3n2)nn1. The van der Waals surface area contributed by atoms with Crippen molar-refractivity contribution in [3.63, 3.8) is 0 Å². The Bertz CT molecular complexity index is 1390. The topological polar surface area (TPSA) is 105 Å². The smallest absolute Gasteiger partial charge is 0.367 e. The summed E-state index contributed by atoms with van der Waals surface area (Å²) in [6.45, 7) is 0.937. The molecule has 0 aromatic carbocycles. The Morgan fingerprint density at radius 2 is 1.65 bits per heavy atom. The monoisotopic (exact) mass is 523 g/mol. The predicted octanol–water partition coefficient (Wildman–Crippen LogP) is 4.63. The molecule has 0 bridgehead atoms. The van der Waals surface area contributed by atoms with Gasteiger partial charge in [0.25, 0.3) is 0 Å². The lowest BCUT2D eigenvalue weighted by Crippen LogP contribution is -2.21. The number of aromatic nitrogens is 6. The number of hydrogen-bond donors (Lipinski definition) is 2. The first-order valence-electron chi connectivity index (χ1n) is 10.7. The highest BCUT2D eigenvalue weighted by Crippen LogP contribution is 2.36. The van der Waals surface area contributed by atoms with E-state index in [1.165, 1.54) is 12.3 Å². The highest BCUT2D eigenvalue weighted by atomic mass is 19.4. The molecule has 0 amide bonds. The minimum Gasteiger partial charge on any atom is -0.367 e. The van der Waals surface area contributed by atoms with Gasteiger partial charge in [-0.3, -0.25) is 0 Å². The van der Waals surface area contributed by atoms with Crippen molar-refractivity contribution in [1.82, 2.24) is 35.0 Å². The van der Waals surface area contributed by atoms with Crippen molar-refractivity contribution < 1.29 is 26.3 Å². The first-order valence-corrected chi connectivity index (χ1v) is 10.7. The van der Waals surface area contributed by atoms with Gasteiger partial charge in [0.2, 0.25) is 0 Å². The molecular weight excluding hydrogens is 504 g/mol. The van der Waals surface area contributed by atoms with Crippen molar-refractivity contribution >= 4 is 28.5 Å². The highest BCUT2D eigenvalue weighted by Gasteiger charge is 2.36. The number of nitrogens with one attached hydrogen (secondary N) is 2. The fourth-order valence-corrected chi connectivity index (χ4v) is 3.20. The molecule has 0 saturated carbocycles. The van der Waals surface area contributed by atoms with E-state index in [-0.39, 0.29) is 28.5 Å². The van der Waals surface area contributed by atoms with Gasteiger partial charge in [-0.15, -0.1) is 10.2 Å². The van der Waals surface area contributed by atoms with E-state index in [1.54, 1.807) is 0 Å². The Balaban J connectivity index is 1.65. The Hall–Kier alpha value is -4.14. The molecule has 0 spiro atoms. The molecule has 4 heterocycles. The molecule has 4 aromatic heterocycles. The fourth-order valence-electron chi connectivity index (χ4n) is 3.20. The number of likely N-dealkylation sites (N-methyl/N-ethyl adjacent to an activating group) is 1. The van der Waals surface area contributed by atoms with Crippen molar-refractivity contribution in [2.24, 2.45) is 0 Å². The van der Waals surface area contributed by atoms with E-state index in [0.29, 0.717) is 25.0 Å². The minimum atomic E-state index is -4.75. The van der Waals surface area contributed by atoms with Crippen LogP contribution in [-0.2, 0) is 12.4 Å². The van der Waals surface area contributed by atoms with Crippen LogP contribution >= 0.6 is 0 Å². The van der Waals surface area contributed by atoms with E-state index >= 15 is 0 Å². The number of pyridine rings is 2. The summed E-state index contributed by atoms with van der Waals surface area (Å²) >= 11 is 0. The van der Waals surface area contributed by atoms with Gasteiger partial charge in [0.15, 0.2) is 5.65 Å². The number of alkyl halides is 6. The zero-order valence-corrected chi connectivity index (χ0v) is 19.4. The molecule has 0 fully saturated rings. The van der Waals surface area contributed by atoms with Gasteiger partial charge >= 0.3 is 12.4 Å². The van der Waals surface area contributed by atoms with Gasteiger partial charge in [-0.25, -0.2) is 19.9 Å². The second-order valence-corrected chi connectivity index (χ2v) is 8.06. The molecule has 15 heteroatoms. The Morgan fingerprint density at radius 3 is 2.30 bits per heavy atom. The molecular formula is C22H19F6N9. The largest absolute Gasteiger partial charge is 0.418 e.